The maximum Gasteiger partial charge on any atom is 0.261 e. The molecule has 0 unspecified atom stereocenters. The van der Waals surface area contributed by atoms with Crippen molar-refractivity contribution in [1.82, 2.24) is 10.3 Å². The van der Waals surface area contributed by atoms with Crippen LogP contribution in [0, 0.1) is 0 Å². The monoisotopic (exact) mass is 443 g/mol. The van der Waals surface area contributed by atoms with E-state index >= 15 is 0 Å². The number of methoxy groups -OCH3 is 2. The van der Waals surface area contributed by atoms with E-state index in [2.05, 4.69) is 15.6 Å². The highest BCUT2D eigenvalue weighted by Crippen LogP contribution is 2.28. The van der Waals surface area contributed by atoms with E-state index in [1.165, 1.54) is 26.4 Å². The van der Waals surface area contributed by atoms with Crippen molar-refractivity contribution in [2.75, 3.05) is 19.5 Å². The molecular weight excluding hydrogens is 422 g/mol. The maximum atomic E-state index is 12.7. The van der Waals surface area contributed by atoms with Gasteiger partial charge in [-0.1, -0.05) is 48.5 Å². The molecule has 7 nitrogen and oxygen atoms in total. The smallest absolute Gasteiger partial charge is 0.261 e. The lowest BCUT2D eigenvalue weighted by molar-refractivity contribution is 0.392. The minimum absolute atomic E-state index is 0.0793. The van der Waals surface area contributed by atoms with Gasteiger partial charge in [0.15, 0.2) is 5.11 Å². The molecule has 0 fully saturated rings. The summed E-state index contributed by atoms with van der Waals surface area (Å²) in [5, 5.41) is 3.11. The van der Waals surface area contributed by atoms with Gasteiger partial charge in [0.25, 0.3) is 10.0 Å². The topological polar surface area (TPSA) is 88.7 Å². The van der Waals surface area contributed by atoms with Gasteiger partial charge in [-0.15, -0.1) is 4.83 Å². The Bertz CT molecular complexity index is 1140. The summed E-state index contributed by atoms with van der Waals surface area (Å²) in [5.41, 5.74) is 5.19. The summed E-state index contributed by atoms with van der Waals surface area (Å²) in [6, 6.07) is 21.9. The van der Waals surface area contributed by atoms with E-state index in [1.807, 2.05) is 54.6 Å². The molecule has 156 valence electrons. The van der Waals surface area contributed by atoms with E-state index in [-0.39, 0.29) is 15.8 Å². The molecule has 3 N–H and O–H groups in total. The summed E-state index contributed by atoms with van der Waals surface area (Å²) >= 11 is 5.27. The number of benzene rings is 3. The molecule has 0 heterocycles. The normalized spacial score (nSPS) is 10.9. The van der Waals surface area contributed by atoms with Crippen LogP contribution < -0.4 is 25.0 Å². The molecule has 30 heavy (non-hydrogen) atoms. The van der Waals surface area contributed by atoms with Gasteiger partial charge in [-0.25, -0.2) is 8.42 Å². The Hall–Kier alpha value is -3.14. The van der Waals surface area contributed by atoms with Crippen LogP contribution in [0.25, 0.3) is 11.1 Å². The molecule has 0 spiro atoms. The minimum Gasteiger partial charge on any atom is -0.497 e. The van der Waals surface area contributed by atoms with Crippen molar-refractivity contribution in [3.05, 3.63) is 72.8 Å². The van der Waals surface area contributed by atoms with Crippen molar-refractivity contribution in [2.24, 2.45) is 0 Å². The van der Waals surface area contributed by atoms with Gasteiger partial charge >= 0.3 is 0 Å². The van der Waals surface area contributed by atoms with Gasteiger partial charge in [-0.05, 0) is 36.0 Å². The molecule has 0 aliphatic rings. The predicted molar refractivity (Wildman–Crippen MR) is 121 cm³/mol. The molecule has 3 rings (SSSR count). The minimum atomic E-state index is -3.98. The highest BCUT2D eigenvalue weighted by Gasteiger charge is 2.21. The number of thiocarbonyl (C=S) groups is 1. The third-order valence-corrected chi connectivity index (χ3v) is 5.69. The van der Waals surface area contributed by atoms with E-state index in [0.29, 0.717) is 5.75 Å². The molecule has 0 aliphatic heterocycles. The summed E-state index contributed by atoms with van der Waals surface area (Å²) < 4.78 is 35.7. The van der Waals surface area contributed by atoms with E-state index in [0.717, 1.165) is 16.8 Å². The third kappa shape index (κ3) is 5.07. The van der Waals surface area contributed by atoms with Crippen molar-refractivity contribution in [3.8, 4) is 22.6 Å². The summed E-state index contributed by atoms with van der Waals surface area (Å²) in [7, 11) is -1.14. The second-order valence-electron chi connectivity index (χ2n) is 6.11. The van der Waals surface area contributed by atoms with Gasteiger partial charge in [0, 0.05) is 17.3 Å². The first-order chi connectivity index (χ1) is 14.4. The van der Waals surface area contributed by atoms with Crippen molar-refractivity contribution in [3.63, 3.8) is 0 Å². The number of para-hydroxylation sites is 1. The van der Waals surface area contributed by atoms with Crippen molar-refractivity contribution >= 4 is 33.0 Å². The van der Waals surface area contributed by atoms with Gasteiger partial charge < -0.3 is 14.8 Å². The SMILES string of the molecule is COc1ccc(OC)c(S(=O)(=O)NNC(=S)Nc2ccccc2-c2ccccc2)c1. The van der Waals surface area contributed by atoms with E-state index < -0.39 is 10.0 Å². The van der Waals surface area contributed by atoms with Crippen LogP contribution in [0.3, 0.4) is 0 Å². The number of anilines is 1. The van der Waals surface area contributed by atoms with Gasteiger partial charge in [0.05, 0.1) is 14.2 Å². The van der Waals surface area contributed by atoms with Crippen LogP contribution in [0.2, 0.25) is 0 Å². The number of hydrogen-bond donors (Lipinski definition) is 3. The van der Waals surface area contributed by atoms with Crippen molar-refractivity contribution in [2.45, 2.75) is 4.90 Å². The molecule has 0 amide bonds. The Morgan fingerprint density at radius 3 is 2.30 bits per heavy atom. The Kier molecular flexibility index (Phi) is 6.88. The Balaban J connectivity index is 1.74. The lowest BCUT2D eigenvalue weighted by Gasteiger charge is -2.16. The van der Waals surface area contributed by atoms with E-state index in [4.69, 9.17) is 21.7 Å². The molecule has 0 saturated carbocycles. The highest BCUT2D eigenvalue weighted by molar-refractivity contribution is 7.89. The molecule has 0 saturated heterocycles. The van der Waals surface area contributed by atoms with Gasteiger partial charge in [-0.3, -0.25) is 5.43 Å². The first-order valence-corrected chi connectivity index (χ1v) is 10.8. The number of sulfonamides is 1. The van der Waals surface area contributed by atoms with Crippen LogP contribution in [-0.4, -0.2) is 27.7 Å². The van der Waals surface area contributed by atoms with Crippen LogP contribution in [0.15, 0.2) is 77.7 Å². The molecular formula is C21H21N3O4S2. The van der Waals surface area contributed by atoms with Crippen LogP contribution in [-0.2, 0) is 10.0 Å². The maximum absolute atomic E-state index is 12.7. The summed E-state index contributed by atoms with van der Waals surface area (Å²) in [6.45, 7) is 0. The molecule has 0 atom stereocenters. The van der Waals surface area contributed by atoms with Crippen LogP contribution >= 0.6 is 12.2 Å². The largest absolute Gasteiger partial charge is 0.497 e. The molecule has 0 bridgehead atoms. The predicted octanol–water partition coefficient (Wildman–Crippen LogP) is 3.55. The molecule has 3 aromatic carbocycles. The van der Waals surface area contributed by atoms with Gasteiger partial charge in [-0.2, -0.15) is 0 Å². The Labute approximate surface area is 181 Å². The number of nitrogens with one attached hydrogen (secondary N) is 3. The highest BCUT2D eigenvalue weighted by atomic mass is 32.2. The lowest BCUT2D eigenvalue weighted by atomic mass is 10.0. The molecule has 0 aliphatic carbocycles. The van der Waals surface area contributed by atoms with Crippen LogP contribution in [0.4, 0.5) is 5.69 Å². The summed E-state index contributed by atoms with van der Waals surface area (Å²) in [5.74, 6) is 0.562. The van der Waals surface area contributed by atoms with Crippen LogP contribution in [0.5, 0.6) is 11.5 Å². The zero-order valence-corrected chi connectivity index (χ0v) is 18.0. The molecule has 9 heteroatoms. The van der Waals surface area contributed by atoms with Crippen molar-refractivity contribution in [1.29, 1.82) is 0 Å². The zero-order chi connectivity index (χ0) is 21.6. The van der Waals surface area contributed by atoms with Crippen LogP contribution in [0.1, 0.15) is 0 Å². The second kappa shape index (κ2) is 9.57. The average molecular weight is 444 g/mol. The molecule has 0 aromatic heterocycles. The summed E-state index contributed by atoms with van der Waals surface area (Å²) in [4.78, 5) is 2.18. The summed E-state index contributed by atoms with van der Waals surface area (Å²) in [6.07, 6.45) is 0. The fraction of sp³-hybridized carbons (Fsp3) is 0.0952. The number of ether oxygens (including phenoxy) is 2. The van der Waals surface area contributed by atoms with Gasteiger partial charge in [0.2, 0.25) is 0 Å². The molecule has 0 radical (unpaired) electrons. The number of hydrogen-bond acceptors (Lipinski definition) is 5. The first kappa shape index (κ1) is 21.6. The van der Waals surface area contributed by atoms with Gasteiger partial charge in [0.1, 0.15) is 16.4 Å². The first-order valence-electron chi connectivity index (χ1n) is 8.90. The number of hydrazine groups is 1. The third-order valence-electron chi connectivity index (χ3n) is 4.22. The second-order valence-corrected chi connectivity index (χ2v) is 8.17. The fourth-order valence-electron chi connectivity index (χ4n) is 2.78. The molecule has 3 aromatic rings. The Morgan fingerprint density at radius 2 is 1.60 bits per heavy atom. The Morgan fingerprint density at radius 1 is 0.900 bits per heavy atom. The van der Waals surface area contributed by atoms with E-state index in [1.54, 1.807) is 6.07 Å². The van der Waals surface area contributed by atoms with Crippen molar-refractivity contribution < 1.29 is 17.9 Å². The lowest BCUT2D eigenvalue weighted by Crippen LogP contribution is -2.43. The number of rotatable bonds is 7. The standard InChI is InChI=1S/C21H21N3O4S2/c1-27-16-12-13-19(28-2)20(14-16)30(25,26)24-23-21(29)22-18-11-7-6-10-17(18)15-8-4-3-5-9-15/h3-14,24H,1-2H3,(H2,22,23,29). The van der Waals surface area contributed by atoms with E-state index in [9.17, 15) is 8.42 Å². The zero-order valence-electron chi connectivity index (χ0n) is 16.4. The quantitative estimate of drug-likeness (QED) is 0.380. The average Bonchev–Trinajstić information content (AvgIpc) is 2.78. The fourth-order valence-corrected chi connectivity index (χ4v) is 4.04.